The first-order valence-electron chi connectivity index (χ1n) is 5.47. The lowest BCUT2D eigenvalue weighted by Crippen LogP contribution is -2.17. The Hall–Kier alpha value is -0.870. The molecule has 0 amide bonds. The summed E-state index contributed by atoms with van der Waals surface area (Å²) in [4.78, 5) is 1.12. The normalized spacial score (nSPS) is 17.3. The van der Waals surface area contributed by atoms with Gasteiger partial charge in [-0.25, -0.2) is 0 Å². The summed E-state index contributed by atoms with van der Waals surface area (Å²) in [7, 11) is 1.68. The van der Waals surface area contributed by atoms with Gasteiger partial charge in [0, 0.05) is 29.0 Å². The standard InChI is InChI=1S/C12H17NO2S/c1-14-9-2-3-11(13)12(8-9)16-10-4-6-15-7-5-10/h2-3,8,10H,4-7,13H2,1H3. The van der Waals surface area contributed by atoms with E-state index in [4.69, 9.17) is 15.2 Å². The molecule has 1 aliphatic rings. The van der Waals surface area contributed by atoms with Crippen LogP contribution in [0.4, 0.5) is 5.69 Å². The van der Waals surface area contributed by atoms with Crippen molar-refractivity contribution in [1.29, 1.82) is 0 Å². The minimum absolute atomic E-state index is 0.614. The first kappa shape index (κ1) is 11.6. The first-order chi connectivity index (χ1) is 7.79. The van der Waals surface area contributed by atoms with Crippen molar-refractivity contribution < 1.29 is 9.47 Å². The maximum Gasteiger partial charge on any atom is 0.120 e. The molecule has 2 rings (SSSR count). The fourth-order valence-corrected chi connectivity index (χ4v) is 2.89. The van der Waals surface area contributed by atoms with Crippen LogP contribution < -0.4 is 10.5 Å². The molecule has 1 aliphatic heterocycles. The van der Waals surface area contributed by atoms with Gasteiger partial charge in [0.05, 0.1) is 7.11 Å². The van der Waals surface area contributed by atoms with Crippen molar-refractivity contribution in [2.75, 3.05) is 26.1 Å². The second-order valence-electron chi connectivity index (χ2n) is 3.83. The quantitative estimate of drug-likeness (QED) is 0.823. The molecular formula is C12H17NO2S. The average Bonchev–Trinajstić information content (AvgIpc) is 2.33. The minimum Gasteiger partial charge on any atom is -0.497 e. The van der Waals surface area contributed by atoms with E-state index >= 15 is 0 Å². The van der Waals surface area contributed by atoms with Gasteiger partial charge in [-0.2, -0.15) is 0 Å². The number of anilines is 1. The van der Waals surface area contributed by atoms with Gasteiger partial charge in [0.15, 0.2) is 0 Å². The summed E-state index contributed by atoms with van der Waals surface area (Å²) in [6, 6.07) is 5.80. The maximum atomic E-state index is 5.95. The summed E-state index contributed by atoms with van der Waals surface area (Å²) >= 11 is 1.84. The summed E-state index contributed by atoms with van der Waals surface area (Å²) in [6.07, 6.45) is 2.20. The Morgan fingerprint density at radius 2 is 2.12 bits per heavy atom. The highest BCUT2D eigenvalue weighted by Crippen LogP contribution is 2.35. The number of nitrogen functional groups attached to an aromatic ring is 1. The molecule has 4 heteroatoms. The van der Waals surface area contributed by atoms with E-state index in [1.807, 2.05) is 30.0 Å². The van der Waals surface area contributed by atoms with Crippen molar-refractivity contribution >= 4 is 17.4 Å². The van der Waals surface area contributed by atoms with Gasteiger partial charge in [-0.3, -0.25) is 0 Å². The lowest BCUT2D eigenvalue weighted by atomic mass is 10.2. The highest BCUT2D eigenvalue weighted by atomic mass is 32.2. The maximum absolute atomic E-state index is 5.95. The minimum atomic E-state index is 0.614. The van der Waals surface area contributed by atoms with Gasteiger partial charge < -0.3 is 15.2 Å². The Balaban J connectivity index is 2.06. The van der Waals surface area contributed by atoms with E-state index in [0.29, 0.717) is 5.25 Å². The van der Waals surface area contributed by atoms with Crippen LogP contribution in [0.1, 0.15) is 12.8 Å². The Bertz CT molecular complexity index is 351. The number of ether oxygens (including phenoxy) is 2. The number of benzene rings is 1. The highest BCUT2D eigenvalue weighted by Gasteiger charge is 2.16. The van der Waals surface area contributed by atoms with E-state index in [1.165, 1.54) is 0 Å². The molecule has 0 spiro atoms. The summed E-state index contributed by atoms with van der Waals surface area (Å²) < 4.78 is 10.5. The lowest BCUT2D eigenvalue weighted by molar-refractivity contribution is 0.100. The smallest absolute Gasteiger partial charge is 0.120 e. The molecule has 1 heterocycles. The molecule has 0 saturated carbocycles. The summed E-state index contributed by atoms with van der Waals surface area (Å²) in [5.41, 5.74) is 6.78. The number of rotatable bonds is 3. The van der Waals surface area contributed by atoms with E-state index < -0.39 is 0 Å². The average molecular weight is 239 g/mol. The van der Waals surface area contributed by atoms with Crippen molar-refractivity contribution in [3.05, 3.63) is 18.2 Å². The van der Waals surface area contributed by atoms with Crippen LogP contribution in [-0.2, 0) is 4.74 Å². The third-order valence-corrected chi connectivity index (χ3v) is 4.09. The Labute approximate surface area is 100 Å². The third-order valence-electron chi connectivity index (χ3n) is 2.68. The van der Waals surface area contributed by atoms with Crippen LogP contribution in [0.15, 0.2) is 23.1 Å². The molecule has 1 fully saturated rings. The second-order valence-corrected chi connectivity index (χ2v) is 5.18. The molecule has 0 radical (unpaired) electrons. The first-order valence-corrected chi connectivity index (χ1v) is 6.35. The fourth-order valence-electron chi connectivity index (χ4n) is 1.72. The lowest BCUT2D eigenvalue weighted by Gasteiger charge is -2.22. The van der Waals surface area contributed by atoms with Crippen molar-refractivity contribution in [2.45, 2.75) is 23.0 Å². The zero-order valence-electron chi connectivity index (χ0n) is 9.44. The monoisotopic (exact) mass is 239 g/mol. The van der Waals surface area contributed by atoms with Crippen molar-refractivity contribution in [3.63, 3.8) is 0 Å². The predicted molar refractivity (Wildman–Crippen MR) is 67.1 cm³/mol. The van der Waals surface area contributed by atoms with Gasteiger partial charge in [0.2, 0.25) is 0 Å². The molecule has 1 aromatic rings. The zero-order valence-corrected chi connectivity index (χ0v) is 10.3. The number of methoxy groups -OCH3 is 1. The van der Waals surface area contributed by atoms with E-state index in [2.05, 4.69) is 0 Å². The largest absolute Gasteiger partial charge is 0.497 e. The Morgan fingerprint density at radius 1 is 1.38 bits per heavy atom. The SMILES string of the molecule is COc1ccc(N)c(SC2CCOCC2)c1. The Morgan fingerprint density at radius 3 is 2.81 bits per heavy atom. The molecule has 1 aromatic carbocycles. The van der Waals surface area contributed by atoms with Crippen LogP contribution in [0.25, 0.3) is 0 Å². The molecule has 0 unspecified atom stereocenters. The zero-order chi connectivity index (χ0) is 11.4. The van der Waals surface area contributed by atoms with Gasteiger partial charge in [0.1, 0.15) is 5.75 Å². The molecular weight excluding hydrogens is 222 g/mol. The number of nitrogens with two attached hydrogens (primary N) is 1. The van der Waals surface area contributed by atoms with Gasteiger partial charge >= 0.3 is 0 Å². The van der Waals surface area contributed by atoms with Crippen molar-refractivity contribution in [1.82, 2.24) is 0 Å². The fraction of sp³-hybridized carbons (Fsp3) is 0.500. The van der Waals surface area contributed by atoms with Crippen molar-refractivity contribution in [2.24, 2.45) is 0 Å². The summed E-state index contributed by atoms with van der Waals surface area (Å²) in [5, 5.41) is 0.614. The molecule has 1 saturated heterocycles. The van der Waals surface area contributed by atoms with Gasteiger partial charge in [-0.05, 0) is 31.0 Å². The van der Waals surface area contributed by atoms with Crippen LogP contribution in [-0.4, -0.2) is 25.6 Å². The molecule has 0 bridgehead atoms. The molecule has 88 valence electrons. The summed E-state index contributed by atoms with van der Waals surface area (Å²) in [5.74, 6) is 0.865. The van der Waals surface area contributed by atoms with Crippen LogP contribution in [0, 0.1) is 0 Å². The van der Waals surface area contributed by atoms with Crippen molar-refractivity contribution in [3.8, 4) is 5.75 Å². The molecule has 2 N–H and O–H groups in total. The number of thioether (sulfide) groups is 1. The van der Waals surface area contributed by atoms with E-state index in [9.17, 15) is 0 Å². The van der Waals surface area contributed by atoms with Crippen LogP contribution >= 0.6 is 11.8 Å². The van der Waals surface area contributed by atoms with E-state index in [0.717, 1.165) is 42.4 Å². The third kappa shape index (κ3) is 2.83. The number of hydrogen-bond donors (Lipinski definition) is 1. The summed E-state index contributed by atoms with van der Waals surface area (Å²) in [6.45, 7) is 1.73. The molecule has 16 heavy (non-hydrogen) atoms. The van der Waals surface area contributed by atoms with Gasteiger partial charge in [-0.1, -0.05) is 0 Å². The van der Waals surface area contributed by atoms with E-state index in [1.54, 1.807) is 7.11 Å². The molecule has 0 aromatic heterocycles. The van der Waals surface area contributed by atoms with Gasteiger partial charge in [0.25, 0.3) is 0 Å². The van der Waals surface area contributed by atoms with E-state index in [-0.39, 0.29) is 0 Å². The van der Waals surface area contributed by atoms with Crippen LogP contribution in [0.2, 0.25) is 0 Å². The Kier molecular flexibility index (Phi) is 3.96. The van der Waals surface area contributed by atoms with Crippen LogP contribution in [0.5, 0.6) is 5.75 Å². The van der Waals surface area contributed by atoms with Crippen LogP contribution in [0.3, 0.4) is 0 Å². The molecule has 0 aliphatic carbocycles. The highest BCUT2D eigenvalue weighted by molar-refractivity contribution is 8.00. The number of hydrogen-bond acceptors (Lipinski definition) is 4. The second kappa shape index (κ2) is 5.46. The topological polar surface area (TPSA) is 44.5 Å². The molecule has 3 nitrogen and oxygen atoms in total. The van der Waals surface area contributed by atoms with Gasteiger partial charge in [-0.15, -0.1) is 11.8 Å². The predicted octanol–water partition coefficient (Wildman–Crippen LogP) is 2.55. The molecule has 0 atom stereocenters.